The minimum atomic E-state index is -3.16. The minimum absolute atomic E-state index is 0.0413. The van der Waals surface area contributed by atoms with Gasteiger partial charge in [0.15, 0.2) is 9.84 Å². The van der Waals surface area contributed by atoms with E-state index in [9.17, 15) is 13.2 Å². The number of hydrogen-bond acceptors (Lipinski definition) is 4. The van der Waals surface area contributed by atoms with E-state index in [1.54, 1.807) is 24.3 Å². The van der Waals surface area contributed by atoms with Gasteiger partial charge in [-0.1, -0.05) is 6.92 Å². The summed E-state index contributed by atoms with van der Waals surface area (Å²) in [4.78, 5) is 11.4. The normalized spacial score (nSPS) is 19.2. The van der Waals surface area contributed by atoms with E-state index in [0.29, 0.717) is 24.3 Å². The Hall–Kier alpha value is -1.56. The summed E-state index contributed by atoms with van der Waals surface area (Å²) in [5.74, 6) is 0.209. The van der Waals surface area contributed by atoms with E-state index in [1.165, 1.54) is 0 Å². The summed E-state index contributed by atoms with van der Waals surface area (Å²) in [7, 11) is -3.16. The standard InChI is InChI=1S/C13H18N2O3S/c1-2-7-19(17,18)12-5-3-10(4-6-12)15-11-8-13(16)14-9-11/h3-6,11,15H,2,7-9H2,1H3,(H,14,16). The maximum atomic E-state index is 11.9. The van der Waals surface area contributed by atoms with Crippen molar-refractivity contribution < 1.29 is 13.2 Å². The van der Waals surface area contributed by atoms with Crippen LogP contribution in [0.1, 0.15) is 19.8 Å². The van der Waals surface area contributed by atoms with Crippen LogP contribution in [0.5, 0.6) is 0 Å². The average Bonchev–Trinajstić information content (AvgIpc) is 2.75. The molecule has 2 N–H and O–H groups in total. The van der Waals surface area contributed by atoms with Gasteiger partial charge in [-0.2, -0.15) is 0 Å². The van der Waals surface area contributed by atoms with Crippen LogP contribution in [0, 0.1) is 0 Å². The van der Waals surface area contributed by atoms with Crippen LogP contribution >= 0.6 is 0 Å². The van der Waals surface area contributed by atoms with Gasteiger partial charge >= 0.3 is 0 Å². The van der Waals surface area contributed by atoms with Crippen molar-refractivity contribution in [3.8, 4) is 0 Å². The summed E-state index contributed by atoms with van der Waals surface area (Å²) < 4.78 is 23.7. The van der Waals surface area contributed by atoms with Gasteiger partial charge in [0.2, 0.25) is 5.91 Å². The van der Waals surface area contributed by atoms with E-state index in [4.69, 9.17) is 0 Å². The molecular weight excluding hydrogens is 264 g/mol. The molecule has 0 spiro atoms. The van der Waals surface area contributed by atoms with Crippen molar-refractivity contribution in [2.75, 3.05) is 17.6 Å². The van der Waals surface area contributed by atoms with Crippen LogP contribution in [0.4, 0.5) is 5.69 Å². The molecule has 1 atom stereocenters. The smallest absolute Gasteiger partial charge is 0.222 e. The molecule has 0 radical (unpaired) electrons. The van der Waals surface area contributed by atoms with E-state index >= 15 is 0 Å². The lowest BCUT2D eigenvalue weighted by atomic mass is 10.2. The predicted octanol–water partition coefficient (Wildman–Crippen LogP) is 1.17. The number of carbonyl (C=O) groups is 1. The Morgan fingerprint density at radius 3 is 2.53 bits per heavy atom. The fourth-order valence-electron chi connectivity index (χ4n) is 2.09. The molecule has 0 saturated carbocycles. The van der Waals surface area contributed by atoms with Crippen LogP contribution in [0.2, 0.25) is 0 Å². The first-order valence-electron chi connectivity index (χ1n) is 6.37. The highest BCUT2D eigenvalue weighted by molar-refractivity contribution is 7.91. The topological polar surface area (TPSA) is 75.3 Å². The summed E-state index contributed by atoms with van der Waals surface area (Å²) in [6.45, 7) is 2.45. The molecule has 1 aliphatic heterocycles. The molecule has 5 nitrogen and oxygen atoms in total. The molecule has 1 amide bonds. The van der Waals surface area contributed by atoms with Crippen molar-refractivity contribution >= 4 is 21.4 Å². The van der Waals surface area contributed by atoms with Gasteiger partial charge in [0.25, 0.3) is 0 Å². The van der Waals surface area contributed by atoms with Crippen LogP contribution in [0.25, 0.3) is 0 Å². The van der Waals surface area contributed by atoms with Gasteiger partial charge in [0.1, 0.15) is 0 Å². The molecule has 1 unspecified atom stereocenters. The first-order chi connectivity index (χ1) is 9.01. The first-order valence-corrected chi connectivity index (χ1v) is 8.02. The van der Waals surface area contributed by atoms with E-state index in [1.807, 2.05) is 6.92 Å². The van der Waals surface area contributed by atoms with E-state index in [-0.39, 0.29) is 17.7 Å². The molecule has 1 aliphatic rings. The molecule has 1 heterocycles. The Bertz CT molecular complexity index is 552. The molecule has 0 aliphatic carbocycles. The Morgan fingerprint density at radius 2 is 2.00 bits per heavy atom. The van der Waals surface area contributed by atoms with Crippen molar-refractivity contribution in [1.82, 2.24) is 5.32 Å². The summed E-state index contributed by atoms with van der Waals surface area (Å²) in [6, 6.07) is 6.77. The number of rotatable bonds is 5. The van der Waals surface area contributed by atoms with Gasteiger partial charge in [0, 0.05) is 18.7 Å². The largest absolute Gasteiger partial charge is 0.380 e. The van der Waals surface area contributed by atoms with Crippen LogP contribution in [0.3, 0.4) is 0 Å². The SMILES string of the molecule is CCCS(=O)(=O)c1ccc(NC2CNC(=O)C2)cc1. The minimum Gasteiger partial charge on any atom is -0.380 e. The summed E-state index contributed by atoms with van der Waals surface area (Å²) in [5.41, 5.74) is 0.831. The van der Waals surface area contributed by atoms with Gasteiger partial charge in [-0.3, -0.25) is 4.79 Å². The van der Waals surface area contributed by atoms with E-state index in [0.717, 1.165) is 5.69 Å². The number of carbonyl (C=O) groups excluding carboxylic acids is 1. The molecule has 19 heavy (non-hydrogen) atoms. The molecule has 0 bridgehead atoms. The molecule has 6 heteroatoms. The highest BCUT2D eigenvalue weighted by atomic mass is 32.2. The van der Waals surface area contributed by atoms with E-state index in [2.05, 4.69) is 10.6 Å². The second-order valence-electron chi connectivity index (χ2n) is 4.69. The fourth-order valence-corrected chi connectivity index (χ4v) is 3.41. The Kier molecular flexibility index (Phi) is 4.09. The third-order valence-electron chi connectivity index (χ3n) is 3.03. The highest BCUT2D eigenvalue weighted by Gasteiger charge is 2.21. The van der Waals surface area contributed by atoms with Gasteiger partial charge in [0.05, 0.1) is 16.7 Å². The Balaban J connectivity index is 2.04. The lowest BCUT2D eigenvalue weighted by molar-refractivity contribution is -0.119. The van der Waals surface area contributed by atoms with Gasteiger partial charge in [-0.25, -0.2) is 8.42 Å². The maximum Gasteiger partial charge on any atom is 0.222 e. The molecular formula is C13H18N2O3S. The number of hydrogen-bond donors (Lipinski definition) is 2. The predicted molar refractivity (Wildman–Crippen MR) is 73.8 cm³/mol. The highest BCUT2D eigenvalue weighted by Crippen LogP contribution is 2.17. The summed E-state index contributed by atoms with van der Waals surface area (Å²) in [5, 5.41) is 5.95. The fraction of sp³-hybridized carbons (Fsp3) is 0.462. The van der Waals surface area contributed by atoms with Crippen molar-refractivity contribution in [2.45, 2.75) is 30.7 Å². The molecule has 1 fully saturated rings. The molecule has 1 aromatic carbocycles. The molecule has 1 saturated heterocycles. The van der Waals surface area contributed by atoms with Crippen molar-refractivity contribution in [3.05, 3.63) is 24.3 Å². The number of nitrogens with one attached hydrogen (secondary N) is 2. The summed E-state index contributed by atoms with van der Waals surface area (Å²) in [6.07, 6.45) is 1.06. The monoisotopic (exact) mass is 282 g/mol. The Morgan fingerprint density at radius 1 is 1.32 bits per heavy atom. The third kappa shape index (κ3) is 3.47. The molecule has 104 valence electrons. The quantitative estimate of drug-likeness (QED) is 0.850. The van der Waals surface area contributed by atoms with Crippen molar-refractivity contribution in [1.29, 1.82) is 0 Å². The van der Waals surface area contributed by atoms with Crippen molar-refractivity contribution in [3.63, 3.8) is 0 Å². The molecule has 1 aromatic rings. The number of sulfone groups is 1. The van der Waals surface area contributed by atoms with Crippen LogP contribution in [-0.4, -0.2) is 32.7 Å². The lowest BCUT2D eigenvalue weighted by Gasteiger charge is -2.12. The van der Waals surface area contributed by atoms with Crippen LogP contribution in [-0.2, 0) is 14.6 Å². The van der Waals surface area contributed by atoms with Gasteiger partial charge in [-0.15, -0.1) is 0 Å². The number of benzene rings is 1. The van der Waals surface area contributed by atoms with Crippen LogP contribution in [0.15, 0.2) is 29.2 Å². The first kappa shape index (κ1) is 13.9. The second kappa shape index (κ2) is 5.61. The lowest BCUT2D eigenvalue weighted by Crippen LogP contribution is -2.22. The van der Waals surface area contributed by atoms with Crippen LogP contribution < -0.4 is 10.6 Å². The molecule has 0 aromatic heterocycles. The zero-order valence-corrected chi connectivity index (χ0v) is 11.7. The number of anilines is 1. The molecule has 2 rings (SSSR count). The third-order valence-corrected chi connectivity index (χ3v) is 4.97. The van der Waals surface area contributed by atoms with Crippen molar-refractivity contribution in [2.24, 2.45) is 0 Å². The van der Waals surface area contributed by atoms with Gasteiger partial charge < -0.3 is 10.6 Å². The number of amides is 1. The second-order valence-corrected chi connectivity index (χ2v) is 6.80. The Labute approximate surface area is 113 Å². The summed E-state index contributed by atoms with van der Waals surface area (Å²) >= 11 is 0. The zero-order chi connectivity index (χ0) is 13.9. The maximum absolute atomic E-state index is 11.9. The van der Waals surface area contributed by atoms with Gasteiger partial charge in [-0.05, 0) is 30.7 Å². The zero-order valence-electron chi connectivity index (χ0n) is 10.8. The van der Waals surface area contributed by atoms with E-state index < -0.39 is 9.84 Å². The average molecular weight is 282 g/mol.